The van der Waals surface area contributed by atoms with Crippen molar-refractivity contribution in [3.05, 3.63) is 64.9 Å². The van der Waals surface area contributed by atoms with Crippen LogP contribution >= 0.6 is 23.4 Å². The Morgan fingerprint density at radius 3 is 2.30 bits per heavy atom. The van der Waals surface area contributed by atoms with E-state index in [1.807, 2.05) is 38.1 Å². The second-order valence-corrected chi connectivity index (χ2v) is 9.00. The Balaban J connectivity index is 1.98. The quantitative estimate of drug-likeness (QED) is 0.395. The third-order valence-corrected chi connectivity index (χ3v) is 5.83. The van der Waals surface area contributed by atoms with Gasteiger partial charge in [0.15, 0.2) is 0 Å². The predicted molar refractivity (Wildman–Crippen MR) is 121 cm³/mol. The summed E-state index contributed by atoms with van der Waals surface area (Å²) in [4.78, 5) is 28.1. The fourth-order valence-electron chi connectivity index (χ4n) is 2.86. The first-order valence-corrected chi connectivity index (χ1v) is 11.3. The molecule has 0 aromatic heterocycles. The molecule has 0 heterocycles. The standard InChI is InChI=1S/C23H28ClFN2O2S/c1-16(2)26-23(29)17(3)27(15-18-6-10-20(25)11-7-18)22(28)5-4-14-30-21-12-8-19(24)9-13-21/h6-13,16-17H,4-5,14-15H2,1-3H3,(H,26,29)/t17-/m1/s1. The number of nitrogens with one attached hydrogen (secondary N) is 1. The van der Waals surface area contributed by atoms with Gasteiger partial charge in [-0.15, -0.1) is 11.8 Å². The molecule has 0 spiro atoms. The average Bonchev–Trinajstić information content (AvgIpc) is 2.71. The van der Waals surface area contributed by atoms with Gasteiger partial charge in [-0.25, -0.2) is 4.39 Å². The lowest BCUT2D eigenvalue weighted by Crippen LogP contribution is -2.49. The van der Waals surface area contributed by atoms with Gasteiger partial charge in [-0.1, -0.05) is 23.7 Å². The molecule has 30 heavy (non-hydrogen) atoms. The van der Waals surface area contributed by atoms with Gasteiger partial charge in [0.25, 0.3) is 0 Å². The molecule has 2 aromatic carbocycles. The second kappa shape index (κ2) is 12.0. The van der Waals surface area contributed by atoms with Crippen molar-refractivity contribution in [2.24, 2.45) is 0 Å². The van der Waals surface area contributed by atoms with Gasteiger partial charge in [0.1, 0.15) is 11.9 Å². The Kier molecular flexibility index (Phi) is 9.66. The summed E-state index contributed by atoms with van der Waals surface area (Å²) in [5.74, 6) is 0.157. The largest absolute Gasteiger partial charge is 0.352 e. The zero-order valence-electron chi connectivity index (χ0n) is 17.5. The van der Waals surface area contributed by atoms with Crippen LogP contribution in [0.3, 0.4) is 0 Å². The third-order valence-electron chi connectivity index (χ3n) is 4.48. The van der Waals surface area contributed by atoms with Crippen LogP contribution in [-0.4, -0.2) is 34.6 Å². The van der Waals surface area contributed by atoms with Gasteiger partial charge in [-0.3, -0.25) is 9.59 Å². The molecule has 0 unspecified atom stereocenters. The van der Waals surface area contributed by atoms with Crippen LogP contribution in [0.15, 0.2) is 53.4 Å². The number of halogens is 2. The summed E-state index contributed by atoms with van der Waals surface area (Å²) in [7, 11) is 0. The summed E-state index contributed by atoms with van der Waals surface area (Å²) in [6.07, 6.45) is 1.02. The number of carbonyl (C=O) groups is 2. The fraction of sp³-hybridized carbons (Fsp3) is 0.391. The molecule has 2 aromatic rings. The molecule has 162 valence electrons. The van der Waals surface area contributed by atoms with E-state index in [2.05, 4.69) is 5.32 Å². The van der Waals surface area contributed by atoms with Gasteiger partial charge < -0.3 is 10.2 Å². The average molecular weight is 451 g/mol. The predicted octanol–water partition coefficient (Wildman–Crippen LogP) is 5.29. The Morgan fingerprint density at radius 1 is 1.07 bits per heavy atom. The highest BCUT2D eigenvalue weighted by Crippen LogP contribution is 2.22. The molecule has 0 fully saturated rings. The molecule has 1 N–H and O–H groups in total. The second-order valence-electron chi connectivity index (χ2n) is 7.39. The van der Waals surface area contributed by atoms with Crippen LogP contribution in [0.4, 0.5) is 4.39 Å². The van der Waals surface area contributed by atoms with Crippen LogP contribution in [-0.2, 0) is 16.1 Å². The zero-order valence-corrected chi connectivity index (χ0v) is 19.1. The van der Waals surface area contributed by atoms with Crippen LogP contribution in [0, 0.1) is 5.82 Å². The Hall–Kier alpha value is -2.05. The van der Waals surface area contributed by atoms with Crippen molar-refractivity contribution in [2.45, 2.75) is 57.1 Å². The van der Waals surface area contributed by atoms with E-state index in [9.17, 15) is 14.0 Å². The van der Waals surface area contributed by atoms with E-state index >= 15 is 0 Å². The minimum absolute atomic E-state index is 0.0153. The van der Waals surface area contributed by atoms with E-state index < -0.39 is 6.04 Å². The smallest absolute Gasteiger partial charge is 0.242 e. The van der Waals surface area contributed by atoms with E-state index in [1.54, 1.807) is 35.7 Å². The van der Waals surface area contributed by atoms with Crippen molar-refractivity contribution < 1.29 is 14.0 Å². The molecule has 0 saturated carbocycles. The van der Waals surface area contributed by atoms with Crippen LogP contribution in [0.1, 0.15) is 39.2 Å². The van der Waals surface area contributed by atoms with Gasteiger partial charge in [-0.05, 0) is 74.9 Å². The molecule has 0 aliphatic rings. The molecule has 0 saturated heterocycles. The highest BCUT2D eigenvalue weighted by atomic mass is 35.5. The lowest BCUT2D eigenvalue weighted by atomic mass is 10.1. The molecule has 4 nitrogen and oxygen atoms in total. The van der Waals surface area contributed by atoms with Crippen LogP contribution in [0.25, 0.3) is 0 Å². The van der Waals surface area contributed by atoms with Crippen molar-refractivity contribution in [1.29, 1.82) is 0 Å². The maximum Gasteiger partial charge on any atom is 0.242 e. The minimum atomic E-state index is -0.617. The van der Waals surface area contributed by atoms with Gasteiger partial charge in [0.05, 0.1) is 0 Å². The summed E-state index contributed by atoms with van der Waals surface area (Å²) in [5.41, 5.74) is 0.782. The summed E-state index contributed by atoms with van der Waals surface area (Å²) >= 11 is 7.56. The number of thioether (sulfide) groups is 1. The Morgan fingerprint density at radius 2 is 1.70 bits per heavy atom. The normalized spacial score (nSPS) is 11.9. The van der Waals surface area contributed by atoms with E-state index in [0.29, 0.717) is 17.9 Å². The highest BCUT2D eigenvalue weighted by Gasteiger charge is 2.26. The van der Waals surface area contributed by atoms with Crippen molar-refractivity contribution in [3.63, 3.8) is 0 Å². The van der Waals surface area contributed by atoms with Gasteiger partial charge in [0.2, 0.25) is 11.8 Å². The molecule has 0 radical (unpaired) electrons. The SMILES string of the molecule is CC(C)NC(=O)[C@@H](C)N(Cc1ccc(F)cc1)C(=O)CCCSc1ccc(Cl)cc1. The van der Waals surface area contributed by atoms with Crippen LogP contribution in [0.5, 0.6) is 0 Å². The lowest BCUT2D eigenvalue weighted by molar-refractivity contribution is -0.140. The molecule has 2 amide bonds. The van der Waals surface area contributed by atoms with E-state index in [0.717, 1.165) is 16.2 Å². The molecule has 7 heteroatoms. The Labute approximate surface area is 187 Å². The van der Waals surface area contributed by atoms with Gasteiger partial charge >= 0.3 is 0 Å². The van der Waals surface area contributed by atoms with E-state index in [1.165, 1.54) is 12.1 Å². The molecular weight excluding hydrogens is 423 g/mol. The maximum absolute atomic E-state index is 13.2. The first-order valence-electron chi connectivity index (χ1n) is 9.99. The number of hydrogen-bond acceptors (Lipinski definition) is 3. The molecular formula is C23H28ClFN2O2S. The minimum Gasteiger partial charge on any atom is -0.352 e. The van der Waals surface area contributed by atoms with Crippen LogP contribution in [0.2, 0.25) is 5.02 Å². The van der Waals surface area contributed by atoms with Gasteiger partial charge in [-0.2, -0.15) is 0 Å². The summed E-state index contributed by atoms with van der Waals surface area (Å²) < 4.78 is 13.2. The Bertz CT molecular complexity index is 828. The fourth-order valence-corrected chi connectivity index (χ4v) is 3.84. The molecule has 2 rings (SSSR count). The van der Waals surface area contributed by atoms with E-state index in [4.69, 9.17) is 11.6 Å². The van der Waals surface area contributed by atoms with Crippen molar-refractivity contribution in [3.8, 4) is 0 Å². The van der Waals surface area contributed by atoms with Gasteiger partial charge in [0, 0.05) is 28.9 Å². The zero-order chi connectivity index (χ0) is 22.1. The first kappa shape index (κ1) is 24.2. The topological polar surface area (TPSA) is 49.4 Å². The van der Waals surface area contributed by atoms with Crippen LogP contribution < -0.4 is 5.32 Å². The van der Waals surface area contributed by atoms with Crippen molar-refractivity contribution in [1.82, 2.24) is 10.2 Å². The molecule has 0 aliphatic carbocycles. The maximum atomic E-state index is 13.2. The monoisotopic (exact) mass is 450 g/mol. The summed E-state index contributed by atoms with van der Waals surface area (Å²) in [5, 5.41) is 3.55. The summed E-state index contributed by atoms with van der Waals surface area (Å²) in [6.45, 7) is 5.74. The lowest BCUT2D eigenvalue weighted by Gasteiger charge is -2.29. The number of benzene rings is 2. The number of carbonyl (C=O) groups excluding carboxylic acids is 2. The molecule has 0 aliphatic heterocycles. The third kappa shape index (κ3) is 8.00. The number of rotatable bonds is 10. The first-order chi connectivity index (χ1) is 14.3. The summed E-state index contributed by atoms with van der Waals surface area (Å²) in [6, 6.07) is 13.0. The van der Waals surface area contributed by atoms with Crippen molar-refractivity contribution >= 4 is 35.2 Å². The number of amides is 2. The number of hydrogen-bond donors (Lipinski definition) is 1. The highest BCUT2D eigenvalue weighted by molar-refractivity contribution is 7.99. The molecule has 0 bridgehead atoms. The van der Waals surface area contributed by atoms with E-state index in [-0.39, 0.29) is 30.2 Å². The number of nitrogens with zero attached hydrogens (tertiary/aromatic N) is 1. The molecule has 1 atom stereocenters. The van der Waals surface area contributed by atoms with Crippen molar-refractivity contribution in [2.75, 3.05) is 5.75 Å².